The Morgan fingerprint density at radius 3 is 3.12 bits per heavy atom. The van der Waals surface area contributed by atoms with Crippen LogP contribution in [0.5, 0.6) is 0 Å². The molecule has 2 unspecified atom stereocenters. The first-order valence-corrected chi connectivity index (χ1v) is 5.50. The van der Waals surface area contributed by atoms with Gasteiger partial charge in [-0.2, -0.15) is 0 Å². The maximum atomic E-state index is 10.2. The second-order valence-electron chi connectivity index (χ2n) is 4.35. The summed E-state index contributed by atoms with van der Waals surface area (Å²) in [6.45, 7) is 3.66. The Hall–Kier alpha value is -0.980. The van der Waals surface area contributed by atoms with Crippen molar-refractivity contribution in [2.24, 2.45) is 7.05 Å². The summed E-state index contributed by atoms with van der Waals surface area (Å²) in [7, 11) is 1.83. The second-order valence-corrected chi connectivity index (χ2v) is 4.35. The summed E-state index contributed by atoms with van der Waals surface area (Å²) in [5.41, 5.74) is 0.125. The monoisotopic (exact) mass is 226 g/mol. The molecule has 1 fully saturated rings. The SMILES string of the molecule is CC1OCCC1(O)CNCc1cn(C)nn1. The van der Waals surface area contributed by atoms with Gasteiger partial charge in [0.15, 0.2) is 0 Å². The number of aliphatic hydroxyl groups is 1. The molecule has 1 aromatic rings. The van der Waals surface area contributed by atoms with Crippen molar-refractivity contribution in [3.05, 3.63) is 11.9 Å². The molecule has 1 aliphatic rings. The average molecular weight is 226 g/mol. The van der Waals surface area contributed by atoms with E-state index in [2.05, 4.69) is 15.6 Å². The summed E-state index contributed by atoms with van der Waals surface area (Å²) >= 11 is 0. The molecule has 0 aromatic carbocycles. The summed E-state index contributed by atoms with van der Waals surface area (Å²) in [6.07, 6.45) is 2.43. The summed E-state index contributed by atoms with van der Waals surface area (Å²) in [5, 5.41) is 21.2. The van der Waals surface area contributed by atoms with Crippen LogP contribution in [0.25, 0.3) is 0 Å². The van der Waals surface area contributed by atoms with Gasteiger partial charge in [0.2, 0.25) is 0 Å². The lowest BCUT2D eigenvalue weighted by Crippen LogP contribution is -2.45. The molecule has 6 nitrogen and oxygen atoms in total. The average Bonchev–Trinajstić information content (AvgIpc) is 2.76. The second kappa shape index (κ2) is 4.48. The fraction of sp³-hybridized carbons (Fsp3) is 0.800. The first-order chi connectivity index (χ1) is 7.60. The zero-order chi connectivity index (χ0) is 11.6. The Labute approximate surface area is 94.6 Å². The molecule has 2 heterocycles. The van der Waals surface area contributed by atoms with Crippen molar-refractivity contribution < 1.29 is 9.84 Å². The molecule has 2 rings (SSSR count). The van der Waals surface area contributed by atoms with E-state index in [-0.39, 0.29) is 6.10 Å². The van der Waals surface area contributed by atoms with E-state index in [1.165, 1.54) is 0 Å². The quantitative estimate of drug-likeness (QED) is 0.720. The maximum Gasteiger partial charge on any atom is 0.105 e. The largest absolute Gasteiger partial charge is 0.386 e. The van der Waals surface area contributed by atoms with Gasteiger partial charge in [0, 0.05) is 39.4 Å². The molecule has 1 saturated heterocycles. The Morgan fingerprint density at radius 1 is 1.75 bits per heavy atom. The lowest BCUT2D eigenvalue weighted by atomic mass is 9.97. The molecule has 0 saturated carbocycles. The normalized spacial score (nSPS) is 29.8. The molecule has 2 atom stereocenters. The van der Waals surface area contributed by atoms with E-state index in [1.54, 1.807) is 4.68 Å². The van der Waals surface area contributed by atoms with Crippen LogP contribution in [0.1, 0.15) is 19.0 Å². The third kappa shape index (κ3) is 2.40. The lowest BCUT2D eigenvalue weighted by Gasteiger charge is -2.26. The summed E-state index contributed by atoms with van der Waals surface area (Å²) in [6, 6.07) is 0. The molecule has 0 aliphatic carbocycles. The minimum atomic E-state index is -0.748. The van der Waals surface area contributed by atoms with Crippen molar-refractivity contribution in [1.82, 2.24) is 20.3 Å². The maximum absolute atomic E-state index is 10.2. The van der Waals surface area contributed by atoms with Crippen LogP contribution in [0.3, 0.4) is 0 Å². The van der Waals surface area contributed by atoms with Crippen molar-refractivity contribution in [3.8, 4) is 0 Å². The predicted octanol–water partition coefficient (Wildman–Crippen LogP) is -0.555. The first-order valence-electron chi connectivity index (χ1n) is 5.50. The minimum Gasteiger partial charge on any atom is -0.386 e. The topological polar surface area (TPSA) is 72.2 Å². The van der Waals surface area contributed by atoms with Gasteiger partial charge in [0.05, 0.1) is 11.8 Å². The molecule has 0 spiro atoms. The van der Waals surface area contributed by atoms with Crippen LogP contribution >= 0.6 is 0 Å². The van der Waals surface area contributed by atoms with Gasteiger partial charge < -0.3 is 15.2 Å². The van der Waals surface area contributed by atoms with E-state index < -0.39 is 5.60 Å². The van der Waals surface area contributed by atoms with Crippen LogP contribution in [0, 0.1) is 0 Å². The highest BCUT2D eigenvalue weighted by Gasteiger charge is 2.38. The zero-order valence-corrected chi connectivity index (χ0v) is 9.68. The van der Waals surface area contributed by atoms with Crippen molar-refractivity contribution in [2.45, 2.75) is 31.6 Å². The van der Waals surface area contributed by atoms with E-state index in [0.717, 1.165) is 5.69 Å². The van der Waals surface area contributed by atoms with Gasteiger partial charge in [-0.3, -0.25) is 4.68 Å². The number of nitrogens with one attached hydrogen (secondary N) is 1. The molecule has 2 N–H and O–H groups in total. The molecule has 1 aliphatic heterocycles. The molecule has 0 radical (unpaired) electrons. The molecule has 1 aromatic heterocycles. The third-order valence-corrected chi connectivity index (χ3v) is 3.05. The highest BCUT2D eigenvalue weighted by molar-refractivity contribution is 4.95. The number of aryl methyl sites for hydroxylation is 1. The van der Waals surface area contributed by atoms with E-state index in [0.29, 0.717) is 26.1 Å². The molecule has 16 heavy (non-hydrogen) atoms. The first kappa shape index (κ1) is 11.5. The number of aromatic nitrogens is 3. The van der Waals surface area contributed by atoms with E-state index in [9.17, 15) is 5.11 Å². The smallest absolute Gasteiger partial charge is 0.105 e. The molecular formula is C10H18N4O2. The van der Waals surface area contributed by atoms with Crippen LogP contribution in [0.4, 0.5) is 0 Å². The molecule has 0 amide bonds. The summed E-state index contributed by atoms with van der Waals surface area (Å²) < 4.78 is 7.01. The number of hydrogen-bond donors (Lipinski definition) is 2. The van der Waals surface area contributed by atoms with Gasteiger partial charge in [0.1, 0.15) is 5.60 Å². The number of hydrogen-bond acceptors (Lipinski definition) is 5. The lowest BCUT2D eigenvalue weighted by molar-refractivity contribution is -0.0263. The van der Waals surface area contributed by atoms with Gasteiger partial charge in [-0.25, -0.2) is 0 Å². The molecule has 6 heteroatoms. The van der Waals surface area contributed by atoms with Gasteiger partial charge in [-0.15, -0.1) is 5.10 Å². The molecule has 0 bridgehead atoms. The highest BCUT2D eigenvalue weighted by Crippen LogP contribution is 2.24. The Morgan fingerprint density at radius 2 is 2.56 bits per heavy atom. The van der Waals surface area contributed by atoms with Crippen LogP contribution in [-0.2, 0) is 18.3 Å². The van der Waals surface area contributed by atoms with Gasteiger partial charge in [-0.05, 0) is 6.92 Å². The van der Waals surface area contributed by atoms with Gasteiger partial charge in [0.25, 0.3) is 0 Å². The number of rotatable bonds is 4. The molecule has 90 valence electrons. The van der Waals surface area contributed by atoms with Crippen LogP contribution in [0.2, 0.25) is 0 Å². The highest BCUT2D eigenvalue weighted by atomic mass is 16.5. The van der Waals surface area contributed by atoms with E-state index in [1.807, 2.05) is 20.2 Å². The Balaban J connectivity index is 1.79. The number of ether oxygens (including phenoxy) is 1. The van der Waals surface area contributed by atoms with Crippen LogP contribution in [-0.4, -0.2) is 45.0 Å². The summed E-state index contributed by atoms with van der Waals surface area (Å²) in [4.78, 5) is 0. The number of nitrogens with zero attached hydrogens (tertiary/aromatic N) is 3. The standard InChI is InChI=1S/C10H18N4O2/c1-8-10(15,3-4-16-8)7-11-5-9-6-14(2)13-12-9/h6,8,11,15H,3-5,7H2,1-2H3. The minimum absolute atomic E-state index is 0.109. The van der Waals surface area contributed by atoms with Gasteiger partial charge >= 0.3 is 0 Å². The van der Waals surface area contributed by atoms with Crippen molar-refractivity contribution in [1.29, 1.82) is 0 Å². The van der Waals surface area contributed by atoms with Crippen LogP contribution < -0.4 is 5.32 Å². The van der Waals surface area contributed by atoms with Gasteiger partial charge in [-0.1, -0.05) is 5.21 Å². The Kier molecular flexibility index (Phi) is 3.22. The summed E-state index contributed by atoms with van der Waals surface area (Å²) in [5.74, 6) is 0. The fourth-order valence-corrected chi connectivity index (χ4v) is 1.89. The van der Waals surface area contributed by atoms with Crippen LogP contribution in [0.15, 0.2) is 6.20 Å². The van der Waals surface area contributed by atoms with E-state index in [4.69, 9.17) is 4.74 Å². The van der Waals surface area contributed by atoms with Crippen molar-refractivity contribution in [3.63, 3.8) is 0 Å². The van der Waals surface area contributed by atoms with E-state index >= 15 is 0 Å². The third-order valence-electron chi connectivity index (χ3n) is 3.05. The van der Waals surface area contributed by atoms with Crippen molar-refractivity contribution in [2.75, 3.05) is 13.2 Å². The molecular weight excluding hydrogens is 208 g/mol. The zero-order valence-electron chi connectivity index (χ0n) is 9.68. The fourth-order valence-electron chi connectivity index (χ4n) is 1.89. The Bertz CT molecular complexity index is 354. The predicted molar refractivity (Wildman–Crippen MR) is 57.7 cm³/mol. The van der Waals surface area contributed by atoms with Crippen molar-refractivity contribution >= 4 is 0 Å².